The summed E-state index contributed by atoms with van der Waals surface area (Å²) in [4.78, 5) is 11.5. The minimum absolute atomic E-state index is 0.0415. The SMILES string of the molecule is CC(C)(C)OC(=O)Nc1c(F)ccc(N)c1I. The van der Waals surface area contributed by atoms with Gasteiger partial charge in [0.05, 0.1) is 9.26 Å². The van der Waals surface area contributed by atoms with Crippen LogP contribution in [0.4, 0.5) is 20.6 Å². The van der Waals surface area contributed by atoms with Crippen LogP contribution in [0.15, 0.2) is 12.1 Å². The van der Waals surface area contributed by atoms with Crippen LogP contribution in [0, 0.1) is 9.39 Å². The molecule has 0 radical (unpaired) electrons. The number of rotatable bonds is 1. The van der Waals surface area contributed by atoms with E-state index in [-0.39, 0.29) is 5.69 Å². The summed E-state index contributed by atoms with van der Waals surface area (Å²) >= 11 is 1.87. The molecule has 1 amide bonds. The van der Waals surface area contributed by atoms with Crippen molar-refractivity contribution in [2.75, 3.05) is 11.1 Å². The van der Waals surface area contributed by atoms with Gasteiger partial charge < -0.3 is 10.5 Å². The highest BCUT2D eigenvalue weighted by Gasteiger charge is 2.19. The van der Waals surface area contributed by atoms with Crippen molar-refractivity contribution in [1.29, 1.82) is 0 Å². The second-order valence-corrected chi connectivity index (χ2v) is 5.53. The number of carbonyl (C=O) groups is 1. The van der Waals surface area contributed by atoms with Gasteiger partial charge >= 0.3 is 6.09 Å². The molecule has 17 heavy (non-hydrogen) atoms. The first-order valence-electron chi connectivity index (χ1n) is 4.94. The van der Waals surface area contributed by atoms with Crippen LogP contribution in [0.5, 0.6) is 0 Å². The maximum atomic E-state index is 13.5. The number of benzene rings is 1. The Kier molecular flexibility index (Phi) is 4.18. The van der Waals surface area contributed by atoms with Crippen LogP contribution in [-0.2, 0) is 4.74 Å². The standard InChI is InChI=1S/C11H14FIN2O2/c1-11(2,3)17-10(16)15-9-6(12)4-5-7(14)8(9)13/h4-5H,14H2,1-3H3,(H,15,16). The Labute approximate surface area is 113 Å². The third-order valence-corrected chi connectivity index (χ3v) is 2.91. The zero-order valence-corrected chi connectivity index (χ0v) is 12.0. The lowest BCUT2D eigenvalue weighted by Gasteiger charge is -2.20. The van der Waals surface area contributed by atoms with Crippen LogP contribution in [0.25, 0.3) is 0 Å². The summed E-state index contributed by atoms with van der Waals surface area (Å²) < 4.78 is 19.0. The van der Waals surface area contributed by atoms with Crippen molar-refractivity contribution in [2.24, 2.45) is 0 Å². The average molecular weight is 352 g/mol. The smallest absolute Gasteiger partial charge is 0.412 e. The highest BCUT2D eigenvalue weighted by atomic mass is 127. The molecule has 0 heterocycles. The fourth-order valence-electron chi connectivity index (χ4n) is 1.09. The molecular formula is C11H14FIN2O2. The van der Waals surface area contributed by atoms with E-state index in [1.165, 1.54) is 12.1 Å². The van der Waals surface area contributed by atoms with Gasteiger partial charge in [-0.05, 0) is 55.5 Å². The predicted molar refractivity (Wildman–Crippen MR) is 73.4 cm³/mol. The van der Waals surface area contributed by atoms with Gasteiger partial charge in [0.25, 0.3) is 0 Å². The van der Waals surface area contributed by atoms with Crippen LogP contribution >= 0.6 is 22.6 Å². The largest absolute Gasteiger partial charge is 0.444 e. The molecule has 0 aliphatic carbocycles. The molecule has 94 valence electrons. The van der Waals surface area contributed by atoms with Gasteiger partial charge in [0, 0.05) is 5.69 Å². The normalized spacial score (nSPS) is 11.1. The summed E-state index contributed by atoms with van der Waals surface area (Å²) in [6.45, 7) is 5.19. The van der Waals surface area contributed by atoms with Gasteiger partial charge in [0.2, 0.25) is 0 Å². The van der Waals surface area contributed by atoms with E-state index in [0.29, 0.717) is 9.26 Å². The van der Waals surface area contributed by atoms with Crippen molar-refractivity contribution in [3.8, 4) is 0 Å². The van der Waals surface area contributed by atoms with E-state index >= 15 is 0 Å². The molecule has 1 rings (SSSR count). The first-order valence-corrected chi connectivity index (χ1v) is 6.02. The monoisotopic (exact) mass is 352 g/mol. The van der Waals surface area contributed by atoms with Crippen LogP contribution in [0.1, 0.15) is 20.8 Å². The van der Waals surface area contributed by atoms with Crippen LogP contribution in [-0.4, -0.2) is 11.7 Å². The first-order chi connectivity index (χ1) is 7.70. The van der Waals surface area contributed by atoms with E-state index in [4.69, 9.17) is 10.5 Å². The molecule has 1 aromatic carbocycles. The molecule has 0 spiro atoms. The van der Waals surface area contributed by atoms with Crippen molar-refractivity contribution in [1.82, 2.24) is 0 Å². The summed E-state index contributed by atoms with van der Waals surface area (Å²) in [5, 5.41) is 2.35. The zero-order valence-electron chi connectivity index (χ0n) is 9.80. The van der Waals surface area contributed by atoms with Gasteiger partial charge in [-0.1, -0.05) is 0 Å². The predicted octanol–water partition coefficient (Wildman–Crippen LogP) is 3.36. The maximum Gasteiger partial charge on any atom is 0.412 e. The highest BCUT2D eigenvalue weighted by Crippen LogP contribution is 2.27. The summed E-state index contributed by atoms with van der Waals surface area (Å²) in [6, 6.07) is 2.64. The van der Waals surface area contributed by atoms with Gasteiger partial charge in [-0.3, -0.25) is 5.32 Å². The summed E-state index contributed by atoms with van der Waals surface area (Å²) in [5.41, 5.74) is 5.44. The third kappa shape index (κ3) is 4.03. The Morgan fingerprint density at radius 3 is 2.59 bits per heavy atom. The lowest BCUT2D eigenvalue weighted by molar-refractivity contribution is 0.0635. The second-order valence-electron chi connectivity index (χ2n) is 4.45. The van der Waals surface area contributed by atoms with E-state index in [1.807, 2.05) is 22.6 Å². The Morgan fingerprint density at radius 2 is 2.06 bits per heavy atom. The Bertz CT molecular complexity index is 444. The molecule has 0 fully saturated rings. The average Bonchev–Trinajstić information content (AvgIpc) is 2.16. The number of hydrogen-bond donors (Lipinski definition) is 2. The van der Waals surface area contributed by atoms with E-state index in [9.17, 15) is 9.18 Å². The number of halogens is 2. The second kappa shape index (κ2) is 5.07. The third-order valence-electron chi connectivity index (χ3n) is 1.75. The fourth-order valence-corrected chi connectivity index (χ4v) is 1.66. The van der Waals surface area contributed by atoms with E-state index < -0.39 is 17.5 Å². The summed E-state index contributed by atoms with van der Waals surface area (Å²) in [7, 11) is 0. The van der Waals surface area contributed by atoms with Gasteiger partial charge in [-0.2, -0.15) is 0 Å². The molecule has 0 unspecified atom stereocenters. The molecule has 0 bridgehead atoms. The van der Waals surface area contributed by atoms with Crippen molar-refractivity contribution >= 4 is 40.1 Å². The number of anilines is 2. The van der Waals surface area contributed by atoms with Gasteiger partial charge in [-0.25, -0.2) is 9.18 Å². The number of nitrogens with two attached hydrogens (primary N) is 1. The van der Waals surface area contributed by atoms with Gasteiger partial charge in [0.15, 0.2) is 0 Å². The Hall–Kier alpha value is -1.05. The molecule has 0 aliphatic rings. The fraction of sp³-hybridized carbons (Fsp3) is 0.364. The van der Waals surface area contributed by atoms with Crippen molar-refractivity contribution in [2.45, 2.75) is 26.4 Å². The van der Waals surface area contributed by atoms with E-state index in [1.54, 1.807) is 20.8 Å². The quantitative estimate of drug-likeness (QED) is 0.602. The number of carbonyl (C=O) groups excluding carboxylic acids is 1. The summed E-state index contributed by atoms with van der Waals surface area (Å²) in [6.07, 6.45) is -0.708. The number of nitrogens with one attached hydrogen (secondary N) is 1. The van der Waals surface area contributed by atoms with E-state index in [2.05, 4.69) is 5.32 Å². The minimum Gasteiger partial charge on any atom is -0.444 e. The van der Waals surface area contributed by atoms with Gasteiger partial charge in [0.1, 0.15) is 11.4 Å². The Morgan fingerprint density at radius 1 is 1.47 bits per heavy atom. The molecule has 4 nitrogen and oxygen atoms in total. The van der Waals surface area contributed by atoms with Crippen molar-refractivity contribution < 1.29 is 13.9 Å². The summed E-state index contributed by atoms with van der Waals surface area (Å²) in [5.74, 6) is -0.547. The molecule has 1 aromatic rings. The maximum absolute atomic E-state index is 13.5. The van der Waals surface area contributed by atoms with Crippen LogP contribution < -0.4 is 11.1 Å². The molecule has 6 heteroatoms. The molecule has 0 atom stereocenters. The topological polar surface area (TPSA) is 64.3 Å². The van der Waals surface area contributed by atoms with Crippen molar-refractivity contribution in [3.05, 3.63) is 21.5 Å². The molecule has 0 aromatic heterocycles. The molecule has 0 saturated heterocycles. The number of nitrogen functional groups attached to an aromatic ring is 1. The van der Waals surface area contributed by atoms with Gasteiger partial charge in [-0.15, -0.1) is 0 Å². The van der Waals surface area contributed by atoms with Crippen molar-refractivity contribution in [3.63, 3.8) is 0 Å². The van der Waals surface area contributed by atoms with Crippen LogP contribution in [0.3, 0.4) is 0 Å². The lowest BCUT2D eigenvalue weighted by atomic mass is 10.2. The minimum atomic E-state index is -0.708. The molecule has 3 N–H and O–H groups in total. The highest BCUT2D eigenvalue weighted by molar-refractivity contribution is 14.1. The van der Waals surface area contributed by atoms with E-state index in [0.717, 1.165) is 0 Å². The van der Waals surface area contributed by atoms with Crippen LogP contribution in [0.2, 0.25) is 0 Å². The first kappa shape index (κ1) is 14.0. The molecule has 0 saturated carbocycles. The number of amides is 1. The number of hydrogen-bond acceptors (Lipinski definition) is 3. The molecular weight excluding hydrogens is 338 g/mol. The number of ether oxygens (including phenoxy) is 1. The zero-order chi connectivity index (χ0) is 13.2. The Balaban J connectivity index is 2.89. The lowest BCUT2D eigenvalue weighted by Crippen LogP contribution is -2.27. The molecule has 0 aliphatic heterocycles.